The van der Waals surface area contributed by atoms with Crippen LogP contribution >= 0.6 is 24.0 Å². The lowest BCUT2D eigenvalue weighted by atomic mass is 10.2. The van der Waals surface area contributed by atoms with E-state index in [1.807, 2.05) is 37.4 Å². The molecule has 1 aromatic rings. The highest BCUT2D eigenvalue weighted by Crippen LogP contribution is 2.08. The second-order valence-electron chi connectivity index (χ2n) is 6.79. The van der Waals surface area contributed by atoms with Crippen LogP contribution in [0.2, 0.25) is 0 Å². The SMILES string of the molecule is CN=C(NCCCCN1CCN(C)CC1)NCCCOc1ccccc1.I. The van der Waals surface area contributed by atoms with Gasteiger partial charge in [-0.2, -0.15) is 0 Å². The van der Waals surface area contributed by atoms with Gasteiger partial charge in [0.05, 0.1) is 6.61 Å². The first-order valence-electron chi connectivity index (χ1n) is 9.81. The number of benzene rings is 1. The molecule has 1 heterocycles. The molecule has 1 aromatic carbocycles. The number of hydrogen-bond acceptors (Lipinski definition) is 4. The zero-order valence-electron chi connectivity index (χ0n) is 16.8. The molecule has 0 saturated carbocycles. The van der Waals surface area contributed by atoms with E-state index in [4.69, 9.17) is 4.74 Å². The number of nitrogens with one attached hydrogen (secondary N) is 2. The van der Waals surface area contributed by atoms with Crippen molar-refractivity contribution in [2.45, 2.75) is 19.3 Å². The first-order chi connectivity index (χ1) is 12.8. The molecule has 0 atom stereocenters. The van der Waals surface area contributed by atoms with Gasteiger partial charge in [0.25, 0.3) is 0 Å². The fourth-order valence-corrected chi connectivity index (χ4v) is 2.94. The Morgan fingerprint density at radius 2 is 1.67 bits per heavy atom. The predicted molar refractivity (Wildman–Crippen MR) is 125 cm³/mol. The summed E-state index contributed by atoms with van der Waals surface area (Å²) < 4.78 is 5.69. The maximum absolute atomic E-state index is 5.69. The van der Waals surface area contributed by atoms with E-state index in [0.29, 0.717) is 6.61 Å². The highest BCUT2D eigenvalue weighted by Gasteiger charge is 2.12. The van der Waals surface area contributed by atoms with E-state index in [1.54, 1.807) is 0 Å². The maximum Gasteiger partial charge on any atom is 0.190 e. The standard InChI is InChI=1S/C20H35N5O.HI/c1-21-20(23-12-8-18-26-19-9-4-3-5-10-19)22-11-6-7-13-25-16-14-24(2)15-17-25;/h3-5,9-10H,6-8,11-18H2,1-2H3,(H2,21,22,23);1H. The van der Waals surface area contributed by atoms with Gasteiger partial charge in [-0.1, -0.05) is 18.2 Å². The van der Waals surface area contributed by atoms with Gasteiger partial charge in [0, 0.05) is 46.3 Å². The van der Waals surface area contributed by atoms with Crippen molar-refractivity contribution in [3.63, 3.8) is 0 Å². The molecule has 27 heavy (non-hydrogen) atoms. The number of guanidine groups is 1. The number of likely N-dealkylation sites (N-methyl/N-ethyl adjacent to an activating group) is 1. The minimum atomic E-state index is 0. The molecule has 1 fully saturated rings. The van der Waals surface area contributed by atoms with E-state index < -0.39 is 0 Å². The average molecular weight is 489 g/mol. The van der Waals surface area contributed by atoms with Crippen LogP contribution in [-0.4, -0.2) is 82.3 Å². The molecule has 0 unspecified atom stereocenters. The lowest BCUT2D eigenvalue weighted by molar-refractivity contribution is 0.152. The summed E-state index contributed by atoms with van der Waals surface area (Å²) in [6.45, 7) is 8.54. The molecular weight excluding hydrogens is 453 g/mol. The van der Waals surface area contributed by atoms with Crippen LogP contribution in [0.4, 0.5) is 0 Å². The normalized spacial score (nSPS) is 15.9. The Hall–Kier alpha value is -1.06. The highest BCUT2D eigenvalue weighted by molar-refractivity contribution is 14.0. The monoisotopic (exact) mass is 489 g/mol. The van der Waals surface area contributed by atoms with Crippen LogP contribution in [-0.2, 0) is 0 Å². The van der Waals surface area contributed by atoms with Crippen molar-refractivity contribution in [1.29, 1.82) is 0 Å². The molecule has 0 aromatic heterocycles. The Labute approximate surface area is 181 Å². The number of nitrogens with zero attached hydrogens (tertiary/aromatic N) is 3. The summed E-state index contributed by atoms with van der Waals surface area (Å²) in [5, 5.41) is 6.74. The average Bonchev–Trinajstić information content (AvgIpc) is 2.68. The number of aliphatic imine (C=N–C) groups is 1. The van der Waals surface area contributed by atoms with Crippen molar-refractivity contribution in [2.24, 2.45) is 4.99 Å². The van der Waals surface area contributed by atoms with Gasteiger partial charge in [-0.05, 0) is 45.0 Å². The lowest BCUT2D eigenvalue weighted by Gasteiger charge is -2.32. The molecule has 2 N–H and O–H groups in total. The fourth-order valence-electron chi connectivity index (χ4n) is 2.94. The van der Waals surface area contributed by atoms with Crippen LogP contribution < -0.4 is 15.4 Å². The minimum absolute atomic E-state index is 0. The fraction of sp³-hybridized carbons (Fsp3) is 0.650. The molecule has 1 saturated heterocycles. The summed E-state index contributed by atoms with van der Waals surface area (Å²) in [5.74, 6) is 1.81. The number of unbranched alkanes of at least 4 members (excludes halogenated alkanes) is 1. The summed E-state index contributed by atoms with van der Waals surface area (Å²) in [5.41, 5.74) is 0. The smallest absolute Gasteiger partial charge is 0.190 e. The van der Waals surface area contributed by atoms with E-state index in [1.165, 1.54) is 45.6 Å². The quantitative estimate of drug-likeness (QED) is 0.229. The molecule has 1 aliphatic heterocycles. The van der Waals surface area contributed by atoms with Gasteiger partial charge in [0.15, 0.2) is 5.96 Å². The lowest BCUT2D eigenvalue weighted by Crippen LogP contribution is -2.44. The Morgan fingerprint density at radius 1 is 1.00 bits per heavy atom. The summed E-state index contributed by atoms with van der Waals surface area (Å²) in [6.07, 6.45) is 3.35. The van der Waals surface area contributed by atoms with Crippen molar-refractivity contribution in [2.75, 3.05) is 66.5 Å². The van der Waals surface area contributed by atoms with Crippen LogP contribution in [0, 0.1) is 0 Å². The Bertz CT molecular complexity index is 506. The molecule has 0 radical (unpaired) electrons. The molecule has 0 bridgehead atoms. The number of hydrogen-bond donors (Lipinski definition) is 2. The summed E-state index contributed by atoms with van der Waals surface area (Å²) in [4.78, 5) is 9.25. The Balaban J connectivity index is 0.00000364. The molecule has 0 spiro atoms. The van der Waals surface area contributed by atoms with Crippen molar-refractivity contribution in [3.8, 4) is 5.75 Å². The Morgan fingerprint density at radius 3 is 2.33 bits per heavy atom. The molecule has 2 rings (SSSR count). The van der Waals surface area contributed by atoms with Crippen LogP contribution in [0.3, 0.4) is 0 Å². The third kappa shape index (κ3) is 10.8. The Kier molecular flexibility index (Phi) is 13.3. The van der Waals surface area contributed by atoms with Gasteiger partial charge in [-0.3, -0.25) is 4.99 Å². The number of rotatable bonds is 10. The van der Waals surface area contributed by atoms with E-state index in [2.05, 4.69) is 32.5 Å². The van der Waals surface area contributed by atoms with Gasteiger partial charge in [0.2, 0.25) is 0 Å². The van der Waals surface area contributed by atoms with Crippen LogP contribution in [0.1, 0.15) is 19.3 Å². The maximum atomic E-state index is 5.69. The van der Waals surface area contributed by atoms with Gasteiger partial charge in [-0.25, -0.2) is 0 Å². The van der Waals surface area contributed by atoms with Crippen LogP contribution in [0.25, 0.3) is 0 Å². The summed E-state index contributed by atoms with van der Waals surface area (Å²) in [7, 11) is 4.02. The van der Waals surface area contributed by atoms with Gasteiger partial charge in [-0.15, -0.1) is 24.0 Å². The molecular formula is C20H36IN5O. The summed E-state index contributed by atoms with van der Waals surface area (Å²) in [6, 6.07) is 9.94. The number of para-hydroxylation sites is 1. The van der Waals surface area contributed by atoms with Crippen molar-refractivity contribution in [3.05, 3.63) is 30.3 Å². The number of halogens is 1. The molecule has 6 nitrogen and oxygen atoms in total. The van der Waals surface area contributed by atoms with Crippen LogP contribution in [0.5, 0.6) is 5.75 Å². The zero-order valence-corrected chi connectivity index (χ0v) is 19.2. The molecule has 0 amide bonds. The second-order valence-corrected chi connectivity index (χ2v) is 6.79. The van der Waals surface area contributed by atoms with E-state index in [-0.39, 0.29) is 24.0 Å². The minimum Gasteiger partial charge on any atom is -0.494 e. The predicted octanol–water partition coefficient (Wildman–Crippen LogP) is 2.27. The third-order valence-electron chi connectivity index (χ3n) is 4.64. The van der Waals surface area contributed by atoms with E-state index >= 15 is 0 Å². The van der Waals surface area contributed by atoms with Crippen molar-refractivity contribution in [1.82, 2.24) is 20.4 Å². The zero-order chi connectivity index (χ0) is 18.5. The second kappa shape index (κ2) is 14.9. The van der Waals surface area contributed by atoms with E-state index in [0.717, 1.165) is 31.2 Å². The van der Waals surface area contributed by atoms with Gasteiger partial charge in [0.1, 0.15) is 5.75 Å². The first-order valence-corrected chi connectivity index (χ1v) is 9.81. The van der Waals surface area contributed by atoms with E-state index in [9.17, 15) is 0 Å². The molecule has 7 heteroatoms. The van der Waals surface area contributed by atoms with Crippen molar-refractivity contribution < 1.29 is 4.74 Å². The molecule has 0 aliphatic carbocycles. The van der Waals surface area contributed by atoms with Crippen molar-refractivity contribution >= 4 is 29.9 Å². The molecule has 154 valence electrons. The first kappa shape index (κ1) is 24.0. The van der Waals surface area contributed by atoms with Gasteiger partial charge >= 0.3 is 0 Å². The number of ether oxygens (including phenoxy) is 1. The van der Waals surface area contributed by atoms with Crippen LogP contribution in [0.15, 0.2) is 35.3 Å². The third-order valence-corrected chi connectivity index (χ3v) is 4.64. The number of piperazine rings is 1. The highest BCUT2D eigenvalue weighted by atomic mass is 127. The molecule has 1 aliphatic rings. The largest absolute Gasteiger partial charge is 0.494 e. The van der Waals surface area contributed by atoms with Gasteiger partial charge < -0.3 is 25.2 Å². The topological polar surface area (TPSA) is 52.1 Å². The summed E-state index contributed by atoms with van der Waals surface area (Å²) >= 11 is 0.